The van der Waals surface area contributed by atoms with Crippen LogP contribution in [0.15, 0.2) is 35.7 Å². The molecule has 2 heterocycles. The van der Waals surface area contributed by atoms with Gasteiger partial charge in [0.25, 0.3) is 0 Å². The quantitative estimate of drug-likeness (QED) is 0.811. The molecule has 1 nitrogen and oxygen atoms in total. The molecule has 112 valence electrons. The van der Waals surface area contributed by atoms with Crippen molar-refractivity contribution in [2.75, 3.05) is 20.1 Å². The van der Waals surface area contributed by atoms with E-state index < -0.39 is 0 Å². The Morgan fingerprint density at radius 1 is 1.14 bits per heavy atom. The van der Waals surface area contributed by atoms with Crippen LogP contribution in [0.2, 0.25) is 0 Å². The van der Waals surface area contributed by atoms with E-state index in [1.54, 1.807) is 23.5 Å². The van der Waals surface area contributed by atoms with E-state index in [2.05, 4.69) is 23.4 Å². The minimum atomic E-state index is -0.0869. The van der Waals surface area contributed by atoms with Crippen LogP contribution in [0.1, 0.15) is 28.8 Å². The Labute approximate surface area is 130 Å². The number of benzene rings is 1. The molecule has 0 bridgehead atoms. The van der Waals surface area contributed by atoms with E-state index >= 15 is 0 Å². The molecule has 0 amide bonds. The number of rotatable bonds is 4. The lowest BCUT2D eigenvalue weighted by molar-refractivity contribution is 0.219. The Hall–Kier alpha value is -1.19. The second-order valence-corrected chi connectivity index (χ2v) is 7.09. The molecule has 0 N–H and O–H groups in total. The Morgan fingerprint density at radius 3 is 2.67 bits per heavy atom. The fraction of sp³-hybridized carbons (Fsp3) is 0.444. The van der Waals surface area contributed by atoms with Crippen molar-refractivity contribution in [3.05, 3.63) is 57.5 Å². The summed E-state index contributed by atoms with van der Waals surface area (Å²) in [5.74, 6) is 0.700. The molecule has 0 unspecified atom stereocenters. The number of nitrogens with zero attached hydrogens (tertiary/aromatic N) is 1. The summed E-state index contributed by atoms with van der Waals surface area (Å²) in [7, 11) is 2.20. The summed E-state index contributed by atoms with van der Waals surface area (Å²) >= 11 is 1.77. The minimum absolute atomic E-state index is 0.0869. The van der Waals surface area contributed by atoms with Gasteiger partial charge in [-0.3, -0.25) is 0 Å². The summed E-state index contributed by atoms with van der Waals surface area (Å²) in [6.07, 6.45) is 4.45. The smallest absolute Gasteiger partial charge is 0.126 e. The average Bonchev–Trinajstić information content (AvgIpc) is 2.91. The third kappa shape index (κ3) is 3.72. The van der Waals surface area contributed by atoms with Crippen molar-refractivity contribution in [2.45, 2.75) is 25.7 Å². The van der Waals surface area contributed by atoms with Crippen LogP contribution in [0, 0.1) is 11.7 Å². The molecule has 0 aliphatic carbocycles. The molecule has 1 aliphatic rings. The summed E-state index contributed by atoms with van der Waals surface area (Å²) in [4.78, 5) is 3.74. The second-order valence-electron chi connectivity index (χ2n) is 6.09. The molecule has 0 atom stereocenters. The largest absolute Gasteiger partial charge is 0.306 e. The molecule has 1 saturated heterocycles. The molecule has 1 aromatic carbocycles. The average molecular weight is 303 g/mol. The molecule has 0 spiro atoms. The van der Waals surface area contributed by atoms with E-state index in [0.717, 1.165) is 24.3 Å². The third-order valence-electron chi connectivity index (χ3n) is 4.49. The molecule has 3 heteroatoms. The van der Waals surface area contributed by atoms with Gasteiger partial charge < -0.3 is 4.90 Å². The Bertz CT molecular complexity index is 584. The predicted molar refractivity (Wildman–Crippen MR) is 87.5 cm³/mol. The second kappa shape index (κ2) is 6.71. The van der Waals surface area contributed by atoms with Gasteiger partial charge in [0, 0.05) is 11.3 Å². The van der Waals surface area contributed by atoms with Crippen LogP contribution in [0.4, 0.5) is 4.39 Å². The Balaban J connectivity index is 1.68. The lowest BCUT2D eigenvalue weighted by Gasteiger charge is -2.29. The standard InChI is InChI=1S/C18H22FNS/c1-20-9-6-14(7-10-20)12-16-8-11-21-18(16)13-15-4-2-3-5-17(15)19/h2-5,8,11,14H,6-7,9-10,12-13H2,1H3. The predicted octanol–water partition coefficient (Wildman–Crippen LogP) is 4.36. The number of piperidine rings is 1. The first kappa shape index (κ1) is 14.7. The first-order valence-corrected chi connectivity index (χ1v) is 8.57. The van der Waals surface area contributed by atoms with Crippen LogP contribution in [0.5, 0.6) is 0 Å². The molecule has 21 heavy (non-hydrogen) atoms. The molecule has 1 fully saturated rings. The SMILES string of the molecule is CN1CCC(Cc2ccsc2Cc2ccccc2F)CC1. The van der Waals surface area contributed by atoms with E-state index in [9.17, 15) is 4.39 Å². The summed E-state index contributed by atoms with van der Waals surface area (Å²) in [5.41, 5.74) is 2.24. The van der Waals surface area contributed by atoms with E-state index in [1.165, 1.54) is 36.4 Å². The van der Waals surface area contributed by atoms with Gasteiger partial charge in [0.1, 0.15) is 5.82 Å². The van der Waals surface area contributed by atoms with Crippen LogP contribution in [0.25, 0.3) is 0 Å². The zero-order chi connectivity index (χ0) is 14.7. The van der Waals surface area contributed by atoms with Crippen molar-refractivity contribution < 1.29 is 4.39 Å². The molecule has 0 saturated carbocycles. The normalized spacial score (nSPS) is 17.2. The zero-order valence-corrected chi connectivity index (χ0v) is 13.3. The van der Waals surface area contributed by atoms with Gasteiger partial charge >= 0.3 is 0 Å². The summed E-state index contributed by atoms with van der Waals surface area (Å²) in [5, 5.41) is 2.15. The number of halogens is 1. The fourth-order valence-electron chi connectivity index (χ4n) is 3.10. The van der Waals surface area contributed by atoms with Crippen LogP contribution >= 0.6 is 11.3 Å². The Morgan fingerprint density at radius 2 is 1.90 bits per heavy atom. The lowest BCUT2D eigenvalue weighted by atomic mass is 9.90. The van der Waals surface area contributed by atoms with Gasteiger partial charge in [0.05, 0.1) is 0 Å². The van der Waals surface area contributed by atoms with Crippen molar-refractivity contribution in [1.29, 1.82) is 0 Å². The van der Waals surface area contributed by atoms with E-state index in [1.807, 2.05) is 12.1 Å². The topological polar surface area (TPSA) is 3.24 Å². The molecular formula is C18H22FNS. The fourth-order valence-corrected chi connectivity index (χ4v) is 4.03. The first-order chi connectivity index (χ1) is 10.2. The lowest BCUT2D eigenvalue weighted by Crippen LogP contribution is -2.31. The van der Waals surface area contributed by atoms with Crippen molar-refractivity contribution in [3.8, 4) is 0 Å². The molecular weight excluding hydrogens is 281 g/mol. The molecule has 1 aromatic heterocycles. The van der Waals surface area contributed by atoms with Crippen molar-refractivity contribution >= 4 is 11.3 Å². The van der Waals surface area contributed by atoms with Crippen LogP contribution in [-0.2, 0) is 12.8 Å². The zero-order valence-electron chi connectivity index (χ0n) is 12.5. The van der Waals surface area contributed by atoms with E-state index in [-0.39, 0.29) is 5.82 Å². The highest BCUT2D eigenvalue weighted by atomic mass is 32.1. The maximum atomic E-state index is 13.8. The third-order valence-corrected chi connectivity index (χ3v) is 5.46. The molecule has 0 radical (unpaired) electrons. The Kier molecular flexibility index (Phi) is 4.71. The maximum Gasteiger partial charge on any atom is 0.126 e. The van der Waals surface area contributed by atoms with Crippen molar-refractivity contribution in [3.63, 3.8) is 0 Å². The van der Waals surface area contributed by atoms with Gasteiger partial charge in [-0.15, -0.1) is 11.3 Å². The van der Waals surface area contributed by atoms with Crippen molar-refractivity contribution in [2.24, 2.45) is 5.92 Å². The van der Waals surface area contributed by atoms with Gasteiger partial charge in [-0.25, -0.2) is 4.39 Å². The molecule has 2 aromatic rings. The number of likely N-dealkylation sites (tertiary alicyclic amines) is 1. The minimum Gasteiger partial charge on any atom is -0.306 e. The highest BCUT2D eigenvalue weighted by molar-refractivity contribution is 7.10. The highest BCUT2D eigenvalue weighted by Gasteiger charge is 2.19. The summed E-state index contributed by atoms with van der Waals surface area (Å²) < 4.78 is 13.8. The number of thiophene rings is 1. The van der Waals surface area contributed by atoms with Gasteiger partial charge in [0.15, 0.2) is 0 Å². The van der Waals surface area contributed by atoms with Crippen LogP contribution in [0.3, 0.4) is 0 Å². The van der Waals surface area contributed by atoms with Crippen LogP contribution < -0.4 is 0 Å². The number of hydrogen-bond acceptors (Lipinski definition) is 2. The van der Waals surface area contributed by atoms with Gasteiger partial charge in [0.2, 0.25) is 0 Å². The van der Waals surface area contributed by atoms with E-state index in [4.69, 9.17) is 0 Å². The number of hydrogen-bond donors (Lipinski definition) is 0. The first-order valence-electron chi connectivity index (χ1n) is 7.69. The van der Waals surface area contributed by atoms with Gasteiger partial charge in [-0.1, -0.05) is 18.2 Å². The molecule has 1 aliphatic heterocycles. The van der Waals surface area contributed by atoms with E-state index in [0.29, 0.717) is 0 Å². The maximum absolute atomic E-state index is 13.8. The van der Waals surface area contributed by atoms with Crippen molar-refractivity contribution in [1.82, 2.24) is 4.90 Å². The highest BCUT2D eigenvalue weighted by Crippen LogP contribution is 2.27. The van der Waals surface area contributed by atoms with Crippen LogP contribution in [-0.4, -0.2) is 25.0 Å². The monoisotopic (exact) mass is 303 g/mol. The summed E-state index contributed by atoms with van der Waals surface area (Å²) in [6.45, 7) is 2.41. The van der Waals surface area contributed by atoms with Gasteiger partial charge in [-0.2, -0.15) is 0 Å². The van der Waals surface area contributed by atoms with Gasteiger partial charge in [-0.05, 0) is 74.0 Å². The summed E-state index contributed by atoms with van der Waals surface area (Å²) in [6, 6.07) is 9.36. The molecule has 3 rings (SSSR count).